The van der Waals surface area contributed by atoms with E-state index in [2.05, 4.69) is 26.2 Å². The molecule has 1 aromatic rings. The maximum atomic E-state index is 12.8. The molecule has 1 saturated carbocycles. The van der Waals surface area contributed by atoms with Gasteiger partial charge >= 0.3 is 0 Å². The van der Waals surface area contributed by atoms with Crippen LogP contribution in [0.2, 0.25) is 0 Å². The van der Waals surface area contributed by atoms with Crippen molar-refractivity contribution in [3.05, 3.63) is 4.60 Å². The second kappa shape index (κ2) is 4.82. The number of rotatable bonds is 2. The summed E-state index contributed by atoms with van der Waals surface area (Å²) in [5.41, 5.74) is 0. The highest BCUT2D eigenvalue weighted by Crippen LogP contribution is 2.39. The highest BCUT2D eigenvalue weighted by atomic mass is 79.9. The molecule has 0 spiro atoms. The maximum Gasteiger partial charge on any atom is 0.263 e. The molecule has 8 heteroatoms. The topological polar surface area (TPSA) is 68.1 Å². The summed E-state index contributed by atoms with van der Waals surface area (Å²) in [5, 5.41) is 7.73. The summed E-state index contributed by atoms with van der Waals surface area (Å²) < 4.78 is 29.0. The van der Waals surface area contributed by atoms with Crippen molar-refractivity contribution in [2.45, 2.75) is 43.2 Å². The first-order chi connectivity index (χ1) is 9.01. The van der Waals surface area contributed by atoms with E-state index in [9.17, 15) is 8.42 Å². The van der Waals surface area contributed by atoms with Gasteiger partial charge in [0.05, 0.1) is 0 Å². The summed E-state index contributed by atoms with van der Waals surface area (Å²) in [7, 11) is -1.90. The molecule has 1 aliphatic heterocycles. The predicted octanol–water partition coefficient (Wildman–Crippen LogP) is 1.53. The van der Waals surface area contributed by atoms with Gasteiger partial charge in [-0.05, 0) is 47.5 Å². The van der Waals surface area contributed by atoms with Gasteiger partial charge in [0.1, 0.15) is 0 Å². The predicted molar refractivity (Wildman–Crippen MR) is 73.0 cm³/mol. The molecule has 0 bridgehead atoms. The van der Waals surface area contributed by atoms with Gasteiger partial charge in [0, 0.05) is 19.6 Å². The fraction of sp³-hybridized carbons (Fsp3) is 0.818. The normalized spacial score (nSPS) is 28.5. The Labute approximate surface area is 121 Å². The van der Waals surface area contributed by atoms with Gasteiger partial charge in [-0.1, -0.05) is 11.6 Å². The average molecular weight is 349 g/mol. The Kier molecular flexibility index (Phi) is 3.43. The van der Waals surface area contributed by atoms with E-state index in [1.165, 1.54) is 4.68 Å². The van der Waals surface area contributed by atoms with Crippen molar-refractivity contribution in [2.24, 2.45) is 13.0 Å². The molecule has 1 saturated heterocycles. The monoisotopic (exact) mass is 348 g/mol. The van der Waals surface area contributed by atoms with Gasteiger partial charge in [-0.3, -0.25) is 0 Å². The van der Waals surface area contributed by atoms with Crippen LogP contribution in [-0.2, 0) is 17.1 Å². The van der Waals surface area contributed by atoms with Gasteiger partial charge in [-0.25, -0.2) is 13.1 Å². The molecule has 3 rings (SSSR count). The van der Waals surface area contributed by atoms with Gasteiger partial charge in [-0.2, -0.15) is 4.31 Å². The molecule has 106 valence electrons. The number of sulfonamides is 1. The van der Waals surface area contributed by atoms with Gasteiger partial charge < -0.3 is 0 Å². The summed E-state index contributed by atoms with van der Waals surface area (Å²) >= 11 is 3.19. The number of aryl methyl sites for hydroxylation is 1. The lowest BCUT2D eigenvalue weighted by Crippen LogP contribution is -2.46. The lowest BCUT2D eigenvalue weighted by atomic mass is 9.94. The third-order valence-corrected chi connectivity index (χ3v) is 7.05. The fourth-order valence-electron chi connectivity index (χ4n) is 3.41. The van der Waals surface area contributed by atoms with E-state index in [1.54, 1.807) is 11.4 Å². The third kappa shape index (κ3) is 2.13. The van der Waals surface area contributed by atoms with E-state index in [0.717, 1.165) is 32.1 Å². The van der Waals surface area contributed by atoms with Crippen LogP contribution in [0.4, 0.5) is 0 Å². The Hall–Kier alpha value is -0.470. The van der Waals surface area contributed by atoms with Crippen LogP contribution in [0, 0.1) is 5.92 Å². The summed E-state index contributed by atoms with van der Waals surface area (Å²) in [5.74, 6) is 0.531. The molecule has 6 nitrogen and oxygen atoms in total. The molecular formula is C11H17BrN4O2S. The van der Waals surface area contributed by atoms with Crippen molar-refractivity contribution >= 4 is 26.0 Å². The quantitative estimate of drug-likeness (QED) is 0.812. The summed E-state index contributed by atoms with van der Waals surface area (Å²) in [6.45, 7) is 0.612. The largest absolute Gasteiger partial charge is 0.263 e. The molecular weight excluding hydrogens is 332 g/mol. The SMILES string of the molecule is Cn1nnc(Br)c1S(=O)(=O)N1CCCC2CCCC21. The minimum absolute atomic E-state index is 0.167. The Bertz CT molecular complexity index is 566. The van der Waals surface area contributed by atoms with Gasteiger partial charge in [0.15, 0.2) is 4.60 Å². The van der Waals surface area contributed by atoms with Crippen LogP contribution in [0.1, 0.15) is 32.1 Å². The zero-order chi connectivity index (χ0) is 13.6. The van der Waals surface area contributed by atoms with Crippen molar-refractivity contribution < 1.29 is 8.42 Å². The van der Waals surface area contributed by atoms with Crippen LogP contribution in [0.5, 0.6) is 0 Å². The summed E-state index contributed by atoms with van der Waals surface area (Å²) in [4.78, 5) is 0. The Morgan fingerprint density at radius 3 is 2.68 bits per heavy atom. The molecule has 2 atom stereocenters. The molecule has 2 heterocycles. The van der Waals surface area contributed by atoms with Crippen molar-refractivity contribution in [2.75, 3.05) is 6.54 Å². The zero-order valence-electron chi connectivity index (χ0n) is 10.8. The highest BCUT2D eigenvalue weighted by Gasteiger charge is 2.43. The molecule has 19 heavy (non-hydrogen) atoms. The fourth-order valence-corrected chi connectivity index (χ4v) is 6.21. The second-order valence-electron chi connectivity index (χ2n) is 5.33. The van der Waals surface area contributed by atoms with E-state index < -0.39 is 10.0 Å². The zero-order valence-corrected chi connectivity index (χ0v) is 13.2. The molecule has 2 fully saturated rings. The maximum absolute atomic E-state index is 12.8. The molecule has 2 aliphatic rings. The number of hydrogen-bond donors (Lipinski definition) is 0. The van der Waals surface area contributed by atoms with Crippen LogP contribution in [-0.4, -0.2) is 40.3 Å². The van der Waals surface area contributed by atoms with Crippen LogP contribution >= 0.6 is 15.9 Å². The third-order valence-electron chi connectivity index (χ3n) is 4.23. The molecule has 1 aromatic heterocycles. The second-order valence-corrected chi connectivity index (χ2v) is 7.88. The number of aromatic nitrogens is 3. The van der Waals surface area contributed by atoms with Crippen LogP contribution in [0.25, 0.3) is 0 Å². The van der Waals surface area contributed by atoms with Crippen LogP contribution < -0.4 is 0 Å². The van der Waals surface area contributed by atoms with E-state index in [4.69, 9.17) is 0 Å². The summed E-state index contributed by atoms with van der Waals surface area (Å²) in [6, 6.07) is 0.167. The van der Waals surface area contributed by atoms with Crippen molar-refractivity contribution in [1.82, 2.24) is 19.3 Å². The van der Waals surface area contributed by atoms with Crippen molar-refractivity contribution in [3.8, 4) is 0 Å². The van der Waals surface area contributed by atoms with Crippen LogP contribution in [0.15, 0.2) is 9.63 Å². The van der Waals surface area contributed by atoms with Crippen molar-refractivity contribution in [3.63, 3.8) is 0 Å². The number of fused-ring (bicyclic) bond motifs is 1. The lowest BCUT2D eigenvalue weighted by Gasteiger charge is -2.36. The van der Waals surface area contributed by atoms with E-state index in [-0.39, 0.29) is 11.1 Å². The first-order valence-corrected chi connectivity index (χ1v) is 8.82. The molecule has 1 aliphatic carbocycles. The van der Waals surface area contributed by atoms with Gasteiger partial charge in [-0.15, -0.1) is 5.10 Å². The highest BCUT2D eigenvalue weighted by molar-refractivity contribution is 9.10. The van der Waals surface area contributed by atoms with E-state index in [0.29, 0.717) is 17.1 Å². The molecule has 0 N–H and O–H groups in total. The Morgan fingerprint density at radius 1 is 1.26 bits per heavy atom. The molecule has 0 aromatic carbocycles. The van der Waals surface area contributed by atoms with E-state index in [1.807, 2.05) is 0 Å². The van der Waals surface area contributed by atoms with Gasteiger partial charge in [0.2, 0.25) is 5.03 Å². The first kappa shape index (κ1) is 13.5. The smallest absolute Gasteiger partial charge is 0.235 e. The number of nitrogens with zero attached hydrogens (tertiary/aromatic N) is 4. The van der Waals surface area contributed by atoms with Gasteiger partial charge in [0.25, 0.3) is 10.0 Å². The first-order valence-electron chi connectivity index (χ1n) is 6.59. The summed E-state index contributed by atoms with van der Waals surface area (Å²) in [6.07, 6.45) is 5.37. The number of halogens is 1. The minimum Gasteiger partial charge on any atom is -0.235 e. The minimum atomic E-state index is -3.51. The number of piperidine rings is 1. The standard InChI is InChI=1S/C11H17BrN4O2S/c1-15-11(10(12)13-14-15)19(17,18)16-7-3-5-8-4-2-6-9(8)16/h8-9H,2-7H2,1H3. The number of hydrogen-bond acceptors (Lipinski definition) is 4. The van der Waals surface area contributed by atoms with Crippen LogP contribution in [0.3, 0.4) is 0 Å². The average Bonchev–Trinajstić information content (AvgIpc) is 2.95. The molecule has 0 radical (unpaired) electrons. The Balaban J connectivity index is 2.00. The van der Waals surface area contributed by atoms with E-state index >= 15 is 0 Å². The Morgan fingerprint density at radius 2 is 2.00 bits per heavy atom. The lowest BCUT2D eigenvalue weighted by molar-refractivity contribution is 0.201. The molecule has 0 amide bonds. The molecule has 2 unspecified atom stereocenters. The van der Waals surface area contributed by atoms with Crippen molar-refractivity contribution in [1.29, 1.82) is 0 Å².